The highest BCUT2D eigenvalue weighted by atomic mass is 16.5. The van der Waals surface area contributed by atoms with Crippen LogP contribution in [0, 0.1) is 5.92 Å². The maximum absolute atomic E-state index is 12.7. The molecule has 1 saturated carbocycles. The Morgan fingerprint density at radius 2 is 2.24 bits per heavy atom. The monoisotopic (exact) mass is 341 g/mol. The van der Waals surface area contributed by atoms with Gasteiger partial charge in [0, 0.05) is 31.6 Å². The molecule has 2 aromatic rings. The van der Waals surface area contributed by atoms with E-state index in [9.17, 15) is 4.79 Å². The molecule has 1 atom stereocenters. The summed E-state index contributed by atoms with van der Waals surface area (Å²) in [6.07, 6.45) is 4.96. The summed E-state index contributed by atoms with van der Waals surface area (Å²) >= 11 is 0. The average molecular weight is 341 g/mol. The lowest BCUT2D eigenvalue weighted by Crippen LogP contribution is -2.44. The maximum Gasteiger partial charge on any atom is 0.226 e. The molecule has 2 aliphatic rings. The van der Waals surface area contributed by atoms with E-state index < -0.39 is 0 Å². The van der Waals surface area contributed by atoms with Crippen LogP contribution in [0.4, 0.5) is 0 Å². The summed E-state index contributed by atoms with van der Waals surface area (Å²) in [5.74, 6) is 0.557. The highest BCUT2D eigenvalue weighted by molar-refractivity contribution is 5.79. The molecule has 0 bridgehead atoms. The summed E-state index contributed by atoms with van der Waals surface area (Å²) in [4.78, 5) is 18.9. The van der Waals surface area contributed by atoms with Gasteiger partial charge in [0.1, 0.15) is 5.69 Å². The van der Waals surface area contributed by atoms with Gasteiger partial charge in [0.25, 0.3) is 0 Å². The van der Waals surface area contributed by atoms with E-state index in [4.69, 9.17) is 4.74 Å². The minimum Gasteiger partial charge on any atom is -0.374 e. The fraction of sp³-hybridized carbons (Fsp3) is 0.556. The van der Waals surface area contributed by atoms with E-state index >= 15 is 0 Å². The molecule has 7 heteroatoms. The number of aromatic nitrogens is 4. The Kier molecular flexibility index (Phi) is 4.48. The first-order chi connectivity index (χ1) is 12.2. The third-order valence-electron chi connectivity index (χ3n) is 5.17. The molecule has 1 aliphatic heterocycles. The number of carbonyl (C=O) groups excluding carboxylic acids is 1. The average Bonchev–Trinajstić information content (AvgIpc) is 2.95. The van der Waals surface area contributed by atoms with E-state index in [1.807, 2.05) is 34.8 Å². The van der Waals surface area contributed by atoms with Crippen LogP contribution in [0.3, 0.4) is 0 Å². The molecule has 2 aromatic heterocycles. The lowest BCUT2D eigenvalue weighted by Gasteiger charge is -2.36. The van der Waals surface area contributed by atoms with Crippen LogP contribution in [-0.2, 0) is 29.7 Å². The summed E-state index contributed by atoms with van der Waals surface area (Å²) in [6.45, 7) is 2.23. The van der Waals surface area contributed by atoms with E-state index in [0.717, 1.165) is 36.3 Å². The number of carbonyl (C=O) groups is 1. The van der Waals surface area contributed by atoms with Crippen molar-refractivity contribution in [3.8, 4) is 0 Å². The zero-order valence-electron chi connectivity index (χ0n) is 14.5. The Labute approximate surface area is 147 Å². The molecule has 25 heavy (non-hydrogen) atoms. The second-order valence-corrected chi connectivity index (χ2v) is 6.92. The van der Waals surface area contributed by atoms with Gasteiger partial charge in [-0.3, -0.25) is 14.5 Å². The summed E-state index contributed by atoms with van der Waals surface area (Å²) in [5.41, 5.74) is 2.88. The van der Waals surface area contributed by atoms with Crippen molar-refractivity contribution < 1.29 is 9.53 Å². The first-order valence-corrected chi connectivity index (χ1v) is 8.87. The van der Waals surface area contributed by atoms with Crippen LogP contribution in [0.5, 0.6) is 0 Å². The van der Waals surface area contributed by atoms with Crippen LogP contribution in [0.1, 0.15) is 42.3 Å². The van der Waals surface area contributed by atoms with Crippen LogP contribution >= 0.6 is 0 Å². The van der Waals surface area contributed by atoms with Crippen molar-refractivity contribution in [1.29, 1.82) is 0 Å². The number of nitrogens with zero attached hydrogens (tertiary/aromatic N) is 5. The number of amides is 1. The highest BCUT2D eigenvalue weighted by Gasteiger charge is 2.36. The van der Waals surface area contributed by atoms with E-state index in [-0.39, 0.29) is 17.7 Å². The minimum atomic E-state index is 0.0940. The van der Waals surface area contributed by atoms with Gasteiger partial charge >= 0.3 is 0 Å². The van der Waals surface area contributed by atoms with Gasteiger partial charge in [-0.1, -0.05) is 17.7 Å². The van der Waals surface area contributed by atoms with Crippen molar-refractivity contribution in [2.45, 2.75) is 38.3 Å². The molecule has 1 amide bonds. The Morgan fingerprint density at radius 1 is 1.36 bits per heavy atom. The summed E-state index contributed by atoms with van der Waals surface area (Å²) < 4.78 is 7.71. The van der Waals surface area contributed by atoms with Crippen molar-refractivity contribution >= 4 is 5.91 Å². The Morgan fingerprint density at radius 3 is 2.96 bits per heavy atom. The SMILES string of the molecule is Cn1nnc2c1C(COCc1ccccn1)CN(C(=O)C1CCC1)C2. The van der Waals surface area contributed by atoms with Crippen LogP contribution in [0.15, 0.2) is 24.4 Å². The normalized spacial score (nSPS) is 20.2. The predicted octanol–water partition coefficient (Wildman–Crippen LogP) is 1.65. The predicted molar refractivity (Wildman–Crippen MR) is 90.4 cm³/mol. The first kappa shape index (κ1) is 16.2. The minimum absolute atomic E-state index is 0.0940. The molecule has 3 heterocycles. The van der Waals surface area contributed by atoms with Gasteiger partial charge in [-0.25, -0.2) is 0 Å². The molecule has 132 valence electrons. The molecule has 1 aliphatic carbocycles. The molecule has 4 rings (SSSR count). The maximum atomic E-state index is 12.7. The molecule has 1 unspecified atom stereocenters. The molecule has 0 N–H and O–H groups in total. The third-order valence-corrected chi connectivity index (χ3v) is 5.17. The summed E-state index contributed by atoms with van der Waals surface area (Å²) in [5, 5.41) is 8.41. The smallest absolute Gasteiger partial charge is 0.226 e. The second kappa shape index (κ2) is 6.92. The summed E-state index contributed by atoms with van der Waals surface area (Å²) in [7, 11) is 1.90. The number of pyridine rings is 1. The van der Waals surface area contributed by atoms with E-state index in [2.05, 4.69) is 15.3 Å². The quantitative estimate of drug-likeness (QED) is 0.827. The zero-order valence-corrected chi connectivity index (χ0v) is 14.5. The molecule has 0 saturated heterocycles. The fourth-order valence-corrected chi connectivity index (χ4v) is 3.62. The number of rotatable bonds is 5. The van der Waals surface area contributed by atoms with Gasteiger partial charge in [-0.05, 0) is 25.0 Å². The zero-order chi connectivity index (χ0) is 17.2. The third kappa shape index (κ3) is 3.28. The van der Waals surface area contributed by atoms with Gasteiger partial charge in [0.2, 0.25) is 5.91 Å². The van der Waals surface area contributed by atoms with Gasteiger partial charge in [-0.15, -0.1) is 5.10 Å². The van der Waals surface area contributed by atoms with Crippen molar-refractivity contribution in [3.05, 3.63) is 41.5 Å². The van der Waals surface area contributed by atoms with Crippen molar-refractivity contribution in [1.82, 2.24) is 24.9 Å². The Balaban J connectivity index is 1.45. The highest BCUT2D eigenvalue weighted by Crippen LogP contribution is 2.33. The molecule has 0 aromatic carbocycles. The number of hydrogen-bond donors (Lipinski definition) is 0. The van der Waals surface area contributed by atoms with Crippen molar-refractivity contribution in [3.63, 3.8) is 0 Å². The molecule has 1 fully saturated rings. The molecular weight excluding hydrogens is 318 g/mol. The largest absolute Gasteiger partial charge is 0.374 e. The second-order valence-electron chi connectivity index (χ2n) is 6.92. The Hall–Kier alpha value is -2.28. The molecular formula is C18H23N5O2. The summed E-state index contributed by atoms with van der Waals surface area (Å²) in [6, 6.07) is 5.79. The van der Waals surface area contributed by atoms with E-state index in [1.165, 1.54) is 0 Å². The molecule has 0 spiro atoms. The Bertz CT molecular complexity index is 741. The van der Waals surface area contributed by atoms with Gasteiger partial charge < -0.3 is 9.64 Å². The van der Waals surface area contributed by atoms with Gasteiger partial charge in [0.15, 0.2) is 0 Å². The topological polar surface area (TPSA) is 73.1 Å². The standard InChI is InChI=1S/C18H23N5O2/c1-22-17-14(11-25-12-15-7-2-3-8-19-15)9-23(10-16(17)20-21-22)18(24)13-5-4-6-13/h2-3,7-8,13-14H,4-6,9-12H2,1H3. The molecule has 7 nitrogen and oxygen atoms in total. The van der Waals surface area contributed by atoms with Crippen LogP contribution in [0.2, 0.25) is 0 Å². The lowest BCUT2D eigenvalue weighted by atomic mass is 9.83. The number of ether oxygens (including phenoxy) is 1. The van der Waals surface area contributed by atoms with Crippen LogP contribution < -0.4 is 0 Å². The van der Waals surface area contributed by atoms with Crippen LogP contribution in [0.25, 0.3) is 0 Å². The van der Waals surface area contributed by atoms with Crippen molar-refractivity contribution in [2.75, 3.05) is 13.2 Å². The number of hydrogen-bond acceptors (Lipinski definition) is 5. The molecule has 0 radical (unpaired) electrons. The van der Waals surface area contributed by atoms with E-state index in [1.54, 1.807) is 6.20 Å². The number of fused-ring (bicyclic) bond motifs is 1. The van der Waals surface area contributed by atoms with E-state index in [0.29, 0.717) is 26.3 Å². The fourth-order valence-electron chi connectivity index (χ4n) is 3.62. The van der Waals surface area contributed by atoms with Gasteiger partial charge in [0.05, 0.1) is 31.1 Å². The van der Waals surface area contributed by atoms with Crippen LogP contribution in [-0.4, -0.2) is 43.9 Å². The van der Waals surface area contributed by atoms with Gasteiger partial charge in [-0.2, -0.15) is 0 Å². The lowest BCUT2D eigenvalue weighted by molar-refractivity contribution is -0.139. The van der Waals surface area contributed by atoms with Crippen molar-refractivity contribution in [2.24, 2.45) is 13.0 Å². The first-order valence-electron chi connectivity index (χ1n) is 8.87. The number of aryl methyl sites for hydroxylation is 1.